The number of nitrogens with zero attached hydrogens (tertiary/aromatic N) is 1. The summed E-state index contributed by atoms with van der Waals surface area (Å²) < 4.78 is 41.8. The van der Waals surface area contributed by atoms with E-state index in [4.69, 9.17) is 4.74 Å². The third-order valence-electron chi connectivity index (χ3n) is 3.88. The monoisotopic (exact) mass is 424 g/mol. The van der Waals surface area contributed by atoms with E-state index in [2.05, 4.69) is 5.32 Å². The van der Waals surface area contributed by atoms with Gasteiger partial charge in [0.2, 0.25) is 0 Å². The second-order valence-electron chi connectivity index (χ2n) is 6.21. The van der Waals surface area contributed by atoms with Gasteiger partial charge in [-0.1, -0.05) is 6.07 Å². The van der Waals surface area contributed by atoms with Crippen molar-refractivity contribution in [1.82, 2.24) is 0 Å². The average Bonchev–Trinajstić information content (AvgIpc) is 2.63. The second-order valence-corrected chi connectivity index (χ2v) is 8.20. The number of anilines is 1. The lowest BCUT2D eigenvalue weighted by atomic mass is 10.2. The zero-order chi connectivity index (χ0) is 21.9. The maximum atomic E-state index is 13.5. The van der Waals surface area contributed by atoms with Crippen LogP contribution < -0.4 is 5.32 Å². The molecule has 0 spiro atoms. The Morgan fingerprint density at radius 2 is 1.86 bits per heavy atom. The van der Waals surface area contributed by atoms with Crippen LogP contribution in [0.25, 0.3) is 0 Å². The quantitative estimate of drug-likeness (QED) is 0.428. The molecule has 0 fully saturated rings. The van der Waals surface area contributed by atoms with Gasteiger partial charge in [0.15, 0.2) is 15.9 Å². The van der Waals surface area contributed by atoms with E-state index in [1.807, 2.05) is 0 Å². The van der Waals surface area contributed by atoms with Crippen LogP contribution in [0, 0.1) is 22.9 Å². The normalized spacial score (nSPS) is 12.1. The van der Waals surface area contributed by atoms with Gasteiger partial charge in [0.1, 0.15) is 10.7 Å². The Bertz CT molecular complexity index is 1100. The smallest absolute Gasteiger partial charge is 0.339 e. The zero-order valence-electron chi connectivity index (χ0n) is 15.6. The van der Waals surface area contributed by atoms with Gasteiger partial charge in [0.05, 0.1) is 10.5 Å². The molecule has 0 aromatic heterocycles. The summed E-state index contributed by atoms with van der Waals surface area (Å²) in [5.41, 5.74) is -0.532. The summed E-state index contributed by atoms with van der Waals surface area (Å²) in [6.45, 7) is 2.82. The van der Waals surface area contributed by atoms with Crippen molar-refractivity contribution in [2.75, 3.05) is 11.6 Å². The van der Waals surface area contributed by atoms with E-state index in [0.29, 0.717) is 5.56 Å². The van der Waals surface area contributed by atoms with E-state index >= 15 is 0 Å². The topological polar surface area (TPSA) is 133 Å². The molecule has 0 aliphatic carbocycles. The summed E-state index contributed by atoms with van der Waals surface area (Å²) in [6.07, 6.45) is -0.506. The number of rotatable bonds is 6. The number of ether oxygens (including phenoxy) is 1. The predicted octanol–water partition coefficient (Wildman–Crippen LogP) is 2.63. The summed E-state index contributed by atoms with van der Waals surface area (Å²) in [5, 5.41) is 13.5. The molecule has 154 valence electrons. The Labute approximate surface area is 165 Å². The molecular weight excluding hydrogens is 407 g/mol. The van der Waals surface area contributed by atoms with E-state index in [1.165, 1.54) is 19.1 Å². The van der Waals surface area contributed by atoms with Crippen molar-refractivity contribution in [1.29, 1.82) is 0 Å². The molecule has 0 saturated carbocycles. The highest BCUT2D eigenvalue weighted by molar-refractivity contribution is 7.90. The molecular formula is C18H17FN2O7S. The molecule has 1 N–H and O–H groups in total. The lowest BCUT2D eigenvalue weighted by Crippen LogP contribution is -2.30. The fraction of sp³-hybridized carbons (Fsp3) is 0.222. The van der Waals surface area contributed by atoms with Crippen molar-refractivity contribution < 1.29 is 32.1 Å². The van der Waals surface area contributed by atoms with Crippen molar-refractivity contribution in [3.63, 3.8) is 0 Å². The number of nitro groups is 1. The van der Waals surface area contributed by atoms with Gasteiger partial charge in [0, 0.05) is 18.0 Å². The number of halogens is 1. The number of aryl methyl sites for hydroxylation is 1. The molecule has 2 rings (SSSR count). The first kappa shape index (κ1) is 22.0. The molecule has 29 heavy (non-hydrogen) atoms. The predicted molar refractivity (Wildman–Crippen MR) is 101 cm³/mol. The lowest BCUT2D eigenvalue weighted by molar-refractivity contribution is -0.387. The van der Waals surface area contributed by atoms with Gasteiger partial charge < -0.3 is 10.1 Å². The number of benzene rings is 2. The molecule has 0 saturated heterocycles. The Balaban J connectivity index is 2.16. The number of sulfone groups is 1. The minimum Gasteiger partial charge on any atom is -0.449 e. The van der Waals surface area contributed by atoms with Crippen molar-refractivity contribution >= 4 is 33.1 Å². The highest BCUT2D eigenvalue weighted by Crippen LogP contribution is 2.25. The van der Waals surface area contributed by atoms with Crippen LogP contribution in [-0.4, -0.2) is 37.6 Å². The summed E-state index contributed by atoms with van der Waals surface area (Å²) in [5.74, 6) is -2.33. The highest BCUT2D eigenvalue weighted by Gasteiger charge is 2.26. The van der Waals surface area contributed by atoms with Crippen LogP contribution in [-0.2, 0) is 19.4 Å². The van der Waals surface area contributed by atoms with Gasteiger partial charge in [-0.3, -0.25) is 14.9 Å². The van der Waals surface area contributed by atoms with Crippen LogP contribution in [0.3, 0.4) is 0 Å². The average molecular weight is 424 g/mol. The van der Waals surface area contributed by atoms with E-state index in [9.17, 15) is 32.5 Å². The van der Waals surface area contributed by atoms with Gasteiger partial charge in [-0.15, -0.1) is 0 Å². The molecule has 9 nitrogen and oxygen atoms in total. The maximum Gasteiger partial charge on any atom is 0.339 e. The Hall–Kier alpha value is -3.34. The molecule has 2 aromatic carbocycles. The number of carbonyl (C=O) groups excluding carboxylic acids is 2. The molecule has 1 atom stereocenters. The third kappa shape index (κ3) is 5.35. The van der Waals surface area contributed by atoms with Crippen LogP contribution in [0.4, 0.5) is 15.8 Å². The maximum absolute atomic E-state index is 13.5. The first-order valence-corrected chi connectivity index (χ1v) is 10.1. The van der Waals surface area contributed by atoms with Gasteiger partial charge in [-0.25, -0.2) is 17.6 Å². The molecule has 11 heteroatoms. The van der Waals surface area contributed by atoms with Crippen LogP contribution >= 0.6 is 0 Å². The van der Waals surface area contributed by atoms with Gasteiger partial charge >= 0.3 is 5.97 Å². The SMILES string of the molecule is Cc1ccc(NC(=O)C(C)OC(=O)c2ccc(S(C)(=O)=O)c([N+](=O)[O-])c2)cc1F. The van der Waals surface area contributed by atoms with Crippen molar-refractivity contribution in [2.24, 2.45) is 0 Å². The number of carbonyl (C=O) groups is 2. The first-order chi connectivity index (χ1) is 13.4. The fourth-order valence-electron chi connectivity index (χ4n) is 2.30. The number of esters is 1. The van der Waals surface area contributed by atoms with E-state index in [-0.39, 0.29) is 11.3 Å². The van der Waals surface area contributed by atoms with E-state index in [1.54, 1.807) is 6.92 Å². The number of amides is 1. The van der Waals surface area contributed by atoms with Gasteiger partial charge in [0.25, 0.3) is 11.6 Å². The summed E-state index contributed by atoms with van der Waals surface area (Å²) >= 11 is 0. The molecule has 0 heterocycles. The summed E-state index contributed by atoms with van der Waals surface area (Å²) in [4.78, 5) is 34.0. The number of nitrogens with one attached hydrogen (secondary N) is 1. The zero-order valence-corrected chi connectivity index (χ0v) is 16.4. The minimum atomic E-state index is -3.89. The number of nitro benzene ring substituents is 1. The van der Waals surface area contributed by atoms with Crippen LogP contribution in [0.2, 0.25) is 0 Å². The minimum absolute atomic E-state index is 0.161. The molecule has 2 aromatic rings. The largest absolute Gasteiger partial charge is 0.449 e. The Kier molecular flexibility index (Phi) is 6.32. The van der Waals surface area contributed by atoms with E-state index < -0.39 is 49.1 Å². The second kappa shape index (κ2) is 8.35. The molecule has 1 unspecified atom stereocenters. The molecule has 0 bridgehead atoms. The standard InChI is InChI=1S/C18H17FN2O7S/c1-10-4-6-13(9-14(10)19)20-17(22)11(2)28-18(23)12-5-7-16(29(3,26)27)15(8-12)21(24)25/h4-9,11H,1-3H3,(H,20,22). The Morgan fingerprint density at radius 3 is 2.41 bits per heavy atom. The van der Waals surface area contributed by atoms with Gasteiger partial charge in [-0.2, -0.15) is 0 Å². The van der Waals surface area contributed by atoms with Crippen LogP contribution in [0.5, 0.6) is 0 Å². The van der Waals surface area contributed by atoms with Crippen molar-refractivity contribution in [2.45, 2.75) is 24.8 Å². The number of hydrogen-bond acceptors (Lipinski definition) is 7. The van der Waals surface area contributed by atoms with Crippen LogP contribution in [0.15, 0.2) is 41.3 Å². The Morgan fingerprint density at radius 1 is 1.21 bits per heavy atom. The fourth-order valence-corrected chi connectivity index (χ4v) is 3.13. The molecule has 0 radical (unpaired) electrons. The van der Waals surface area contributed by atoms with Gasteiger partial charge in [-0.05, 0) is 43.7 Å². The summed E-state index contributed by atoms with van der Waals surface area (Å²) in [6, 6.07) is 6.77. The highest BCUT2D eigenvalue weighted by atomic mass is 32.2. The first-order valence-electron chi connectivity index (χ1n) is 8.16. The van der Waals surface area contributed by atoms with Crippen molar-refractivity contribution in [3.8, 4) is 0 Å². The molecule has 0 aliphatic rings. The lowest BCUT2D eigenvalue weighted by Gasteiger charge is -2.14. The number of hydrogen-bond donors (Lipinski definition) is 1. The van der Waals surface area contributed by atoms with Crippen molar-refractivity contribution in [3.05, 3.63) is 63.5 Å². The summed E-state index contributed by atoms with van der Waals surface area (Å²) in [7, 11) is -3.89. The van der Waals surface area contributed by atoms with E-state index in [0.717, 1.165) is 30.5 Å². The molecule has 0 aliphatic heterocycles. The third-order valence-corrected chi connectivity index (χ3v) is 5.03. The molecule has 1 amide bonds. The van der Waals surface area contributed by atoms with Crippen LogP contribution in [0.1, 0.15) is 22.8 Å².